The van der Waals surface area contributed by atoms with Crippen molar-refractivity contribution in [2.24, 2.45) is 28.6 Å². The van der Waals surface area contributed by atoms with E-state index in [0.717, 1.165) is 13.1 Å². The Morgan fingerprint density at radius 3 is 2.40 bits per heavy atom. The molecular formula is C44H55F2N3O8. The number of halogens is 2. The van der Waals surface area contributed by atoms with Crippen LogP contribution >= 0.6 is 0 Å². The summed E-state index contributed by atoms with van der Waals surface area (Å²) in [6.07, 6.45) is 3.56. The van der Waals surface area contributed by atoms with Gasteiger partial charge in [0, 0.05) is 54.2 Å². The lowest BCUT2D eigenvalue weighted by atomic mass is 9.44. The van der Waals surface area contributed by atoms with Crippen LogP contribution in [0, 0.1) is 48.2 Å². The van der Waals surface area contributed by atoms with Gasteiger partial charge in [-0.2, -0.15) is 0 Å². The van der Waals surface area contributed by atoms with Crippen molar-refractivity contribution in [2.75, 3.05) is 44.7 Å². The predicted molar refractivity (Wildman–Crippen MR) is 210 cm³/mol. The predicted octanol–water partition coefficient (Wildman–Crippen LogP) is 5.32. The van der Waals surface area contributed by atoms with Crippen LogP contribution in [-0.2, 0) is 14.3 Å². The first-order chi connectivity index (χ1) is 26.6. The molecule has 0 bridgehead atoms. The van der Waals surface area contributed by atoms with Crippen LogP contribution in [0.25, 0.3) is 10.9 Å². The monoisotopic (exact) mass is 791 g/mol. The van der Waals surface area contributed by atoms with Crippen molar-refractivity contribution in [1.29, 1.82) is 0 Å². The topological polar surface area (TPSA) is 139 Å². The van der Waals surface area contributed by atoms with E-state index in [1.165, 1.54) is 32.9 Å². The number of alkyl halides is 1. The van der Waals surface area contributed by atoms with Gasteiger partial charge in [-0.25, -0.2) is 13.6 Å². The first-order valence-electron chi connectivity index (χ1n) is 20.3. The van der Waals surface area contributed by atoms with Gasteiger partial charge in [0.2, 0.25) is 11.2 Å². The summed E-state index contributed by atoms with van der Waals surface area (Å²) in [5, 5.41) is 24.6. The Morgan fingerprint density at radius 1 is 1.07 bits per heavy atom. The molecule has 2 N–H and O–H groups in total. The number of benzene rings is 1. The molecule has 2 aliphatic heterocycles. The minimum atomic E-state index is -2.16. The van der Waals surface area contributed by atoms with Crippen molar-refractivity contribution in [1.82, 2.24) is 9.47 Å². The number of hydrogen-bond acceptors (Lipinski definition) is 10. The van der Waals surface area contributed by atoms with Crippen LogP contribution in [0.2, 0.25) is 0 Å². The molecule has 3 heterocycles. The number of piperazine rings is 1. The fraction of sp³-hybridized carbons (Fsp3) is 0.636. The minimum Gasteiger partial charge on any atom is -0.487 e. The number of rotatable bonds is 5. The van der Waals surface area contributed by atoms with E-state index in [9.17, 15) is 29.4 Å². The van der Waals surface area contributed by atoms with Crippen molar-refractivity contribution in [2.45, 2.75) is 110 Å². The van der Waals surface area contributed by atoms with Gasteiger partial charge in [0.15, 0.2) is 28.6 Å². The zero-order chi connectivity index (χ0) is 41.5. The molecule has 1 saturated heterocycles. The van der Waals surface area contributed by atoms with E-state index in [0.29, 0.717) is 42.7 Å². The summed E-state index contributed by atoms with van der Waals surface area (Å²) in [4.78, 5) is 60.1. The fourth-order valence-corrected chi connectivity index (χ4v) is 12.2. The Kier molecular flexibility index (Phi) is 8.94. The van der Waals surface area contributed by atoms with E-state index in [-0.39, 0.29) is 59.2 Å². The van der Waals surface area contributed by atoms with Crippen LogP contribution in [0.15, 0.2) is 28.6 Å². The van der Waals surface area contributed by atoms with Crippen molar-refractivity contribution in [3.8, 4) is 5.75 Å². The van der Waals surface area contributed by atoms with Gasteiger partial charge in [-0.15, -0.1) is 0 Å². The van der Waals surface area contributed by atoms with Crippen molar-refractivity contribution in [3.63, 3.8) is 0 Å². The van der Waals surface area contributed by atoms with E-state index in [2.05, 4.69) is 4.90 Å². The number of aliphatic hydroxyl groups excluding tert-OH is 1. The molecule has 6 aliphatic rings. The number of anilines is 1. The number of nitrogens with zero attached hydrogens (tertiary/aromatic N) is 3. The molecule has 0 unspecified atom stereocenters. The minimum absolute atomic E-state index is 0.00531. The summed E-state index contributed by atoms with van der Waals surface area (Å²) >= 11 is 0. The van der Waals surface area contributed by atoms with E-state index in [1.54, 1.807) is 33.8 Å². The maximum atomic E-state index is 17.8. The molecule has 1 aromatic carbocycles. The van der Waals surface area contributed by atoms with Gasteiger partial charge in [-0.1, -0.05) is 25.5 Å². The van der Waals surface area contributed by atoms with E-state index in [4.69, 9.17) is 9.47 Å². The van der Waals surface area contributed by atoms with Crippen LogP contribution in [0.5, 0.6) is 5.75 Å². The highest BCUT2D eigenvalue weighted by molar-refractivity contribution is 6.03. The second kappa shape index (κ2) is 12.8. The molecule has 0 amide bonds. The maximum absolute atomic E-state index is 17.8. The van der Waals surface area contributed by atoms with Crippen LogP contribution in [0.3, 0.4) is 0 Å². The Labute approximate surface area is 331 Å². The number of aliphatic hydroxyl groups is 2. The molecule has 0 radical (unpaired) electrons. The summed E-state index contributed by atoms with van der Waals surface area (Å²) in [5.41, 5.74) is -8.28. The molecule has 0 spiro atoms. The van der Waals surface area contributed by atoms with E-state index in [1.807, 2.05) is 23.4 Å². The number of ether oxygens (including phenoxy) is 2. The van der Waals surface area contributed by atoms with Crippen molar-refractivity contribution >= 4 is 34.1 Å². The maximum Gasteiger partial charge on any atom is 0.344 e. The first-order valence-corrected chi connectivity index (χ1v) is 20.3. The van der Waals surface area contributed by atoms with E-state index >= 15 is 8.78 Å². The average molecular weight is 792 g/mol. The number of hydrogen-bond donors (Lipinski definition) is 2. The molecule has 3 saturated carbocycles. The number of aromatic nitrogens is 1. The third kappa shape index (κ3) is 5.09. The lowest BCUT2D eigenvalue weighted by Gasteiger charge is -2.62. The molecule has 8 rings (SSSR count). The summed E-state index contributed by atoms with van der Waals surface area (Å²) in [5.74, 6) is -4.45. The number of aryl methyl sites for hydroxylation is 1. The summed E-state index contributed by atoms with van der Waals surface area (Å²) < 4.78 is 48.2. The molecule has 2 aromatic rings. The molecule has 4 aliphatic carbocycles. The Morgan fingerprint density at radius 2 is 1.74 bits per heavy atom. The molecule has 1 aromatic heterocycles. The number of likely N-dealkylation sites (N-methyl/N-ethyl adjacent to an activating group) is 1. The van der Waals surface area contributed by atoms with Crippen LogP contribution < -0.4 is 15.1 Å². The SMILES string of the molecule is Cc1c(F)c(N2CCN(C)CC2)c2c3c1c(=O)c(C(=O)OC(C)(C)C(=O)[C@@]1(O)[C@@H](C)C[C@H]4[C@@H]5CCC6=CC(=O)C=C[C@]6(C)[C@@]5(F)[C@@H](O)C[C@@]41C)c(C)n3[C@@H](C)CO2. The second-order valence-electron chi connectivity index (χ2n) is 18.8. The Balaban J connectivity index is 1.15. The average Bonchev–Trinajstić information content (AvgIpc) is 3.34. The van der Waals surface area contributed by atoms with Gasteiger partial charge in [0.05, 0.1) is 23.0 Å². The van der Waals surface area contributed by atoms with Gasteiger partial charge >= 0.3 is 5.97 Å². The van der Waals surface area contributed by atoms with Gasteiger partial charge in [-0.05, 0) is 98.3 Å². The molecule has 4 fully saturated rings. The fourth-order valence-electron chi connectivity index (χ4n) is 12.2. The molecule has 9 atom stereocenters. The van der Waals surface area contributed by atoms with Gasteiger partial charge in [0.25, 0.3) is 0 Å². The number of pyridine rings is 1. The summed E-state index contributed by atoms with van der Waals surface area (Å²) in [6.45, 7) is 15.7. The van der Waals surface area contributed by atoms with E-state index < -0.39 is 74.6 Å². The highest BCUT2D eigenvalue weighted by Gasteiger charge is 2.76. The smallest absolute Gasteiger partial charge is 0.344 e. The zero-order valence-electron chi connectivity index (χ0n) is 34.4. The van der Waals surface area contributed by atoms with Gasteiger partial charge < -0.3 is 34.1 Å². The Bertz CT molecular complexity index is 2260. The number of ketones is 2. The number of esters is 1. The molecule has 57 heavy (non-hydrogen) atoms. The molecular weight excluding hydrogens is 736 g/mol. The zero-order valence-corrected chi connectivity index (χ0v) is 34.4. The van der Waals surface area contributed by atoms with Crippen molar-refractivity contribution in [3.05, 3.63) is 56.7 Å². The quantitative estimate of drug-likeness (QED) is 0.383. The number of Topliss-reactive ketones (excluding diaryl/α,β-unsaturated/α-hetero) is 1. The van der Waals surface area contributed by atoms with Crippen LogP contribution in [-0.4, -0.2) is 100 Å². The molecule has 308 valence electrons. The highest BCUT2D eigenvalue weighted by Crippen LogP contribution is 2.71. The third-order valence-corrected chi connectivity index (χ3v) is 15.4. The third-order valence-electron chi connectivity index (χ3n) is 15.4. The number of fused-ring (bicyclic) bond motifs is 5. The second-order valence-corrected chi connectivity index (χ2v) is 18.8. The van der Waals surface area contributed by atoms with Crippen molar-refractivity contribution < 1.29 is 42.9 Å². The Hall–Kier alpha value is -3.94. The summed E-state index contributed by atoms with van der Waals surface area (Å²) in [6, 6.07) is -0.345. The number of allylic oxidation sites excluding steroid dienone is 4. The molecule has 11 nitrogen and oxygen atoms in total. The number of carbonyl (C=O) groups excluding carboxylic acids is 3. The number of carbonyl (C=O) groups is 3. The van der Waals surface area contributed by atoms with Crippen LogP contribution in [0.1, 0.15) is 94.9 Å². The standard InChI is InChI=1S/C44H55F2N3O8/c1-22-18-29-28-11-10-26-19-27(50)12-13-41(26,7)43(28,46)30(51)20-42(29,8)44(22,55)39(54)40(5,6)57-38(53)32-25(4)49-23(2)21-56-37-34(49)31(36(32)52)24(3)33(45)35(37)48-16-14-47(9)15-17-48/h12-13,19,22-23,28-30,51,55H,10-11,14-18,20-21H2,1-9H3/t22-,23-,28-,29-,30-,41-,42-,43-,44-/m0/s1. The highest BCUT2D eigenvalue weighted by atomic mass is 19.1. The van der Waals surface area contributed by atoms with Crippen LogP contribution in [0.4, 0.5) is 14.5 Å². The summed E-state index contributed by atoms with van der Waals surface area (Å²) in [7, 11) is 2.00. The van der Waals surface area contributed by atoms with Gasteiger partial charge in [0.1, 0.15) is 23.5 Å². The normalized spacial score (nSPS) is 36.3. The van der Waals surface area contributed by atoms with Gasteiger partial charge in [-0.3, -0.25) is 14.4 Å². The lowest BCUT2D eigenvalue weighted by molar-refractivity contribution is -0.223. The lowest BCUT2D eigenvalue weighted by Crippen LogP contribution is -2.70. The molecule has 13 heteroatoms. The largest absolute Gasteiger partial charge is 0.487 e. The first kappa shape index (κ1) is 39.9.